The third-order valence-electron chi connectivity index (χ3n) is 16.2. The summed E-state index contributed by atoms with van der Waals surface area (Å²) in [6.45, 7) is 22.1. The zero-order chi connectivity index (χ0) is 38.2. The molecule has 3 N–H and O–H groups in total. The molecule has 288 valence electrons. The predicted molar refractivity (Wildman–Crippen MR) is 200 cm³/mol. The first-order valence-electron chi connectivity index (χ1n) is 20.0. The fraction of sp³-hybridized carbons (Fsp3) is 0.791. The minimum atomic E-state index is -1.17. The second kappa shape index (κ2) is 13.3. The van der Waals surface area contributed by atoms with Crippen molar-refractivity contribution in [2.75, 3.05) is 6.54 Å². The van der Waals surface area contributed by atoms with Gasteiger partial charge in [0.15, 0.2) is 5.78 Å². The lowest BCUT2D eigenvalue weighted by molar-refractivity contribution is -0.235. The number of nitrogens with zero attached hydrogens (tertiary/aromatic N) is 2. The number of aliphatic hydroxyl groups is 1. The van der Waals surface area contributed by atoms with Crippen LogP contribution in [0.1, 0.15) is 145 Å². The molecule has 0 saturated heterocycles. The van der Waals surface area contributed by atoms with Gasteiger partial charge >= 0.3 is 11.9 Å². The van der Waals surface area contributed by atoms with Gasteiger partial charge in [-0.3, -0.25) is 14.4 Å². The van der Waals surface area contributed by atoms with Crippen molar-refractivity contribution in [3.63, 3.8) is 0 Å². The first-order chi connectivity index (χ1) is 24.2. The summed E-state index contributed by atoms with van der Waals surface area (Å²) in [5.41, 5.74) is 1.35. The Hall–Kier alpha value is -2.65. The Morgan fingerprint density at radius 1 is 0.942 bits per heavy atom. The molecule has 9 heteroatoms. The van der Waals surface area contributed by atoms with Crippen LogP contribution < -0.4 is 5.32 Å². The number of allylic oxidation sites excluding steroid dienone is 1. The van der Waals surface area contributed by atoms with Crippen LogP contribution in [0.2, 0.25) is 0 Å². The largest absolute Gasteiger partial charge is 0.481 e. The van der Waals surface area contributed by atoms with Crippen molar-refractivity contribution < 1.29 is 29.3 Å². The highest BCUT2D eigenvalue weighted by atomic mass is 16.5. The standard InChI is InChI=1S/C43H65N3O6/c1-25(2)35-29(47)19-43(32(48)23-46-26(3)27-21-44-24-45-22-27)18-17-41(9)28(36(35)43)11-12-31-40(8)15-14-33(52-34(49)20-38(4,5)37(50)51)39(6,7)30(40)13-16-42(31,41)10/h21-22,24-26,28,30-33,46,48H,11-20,23H2,1-10H3,(H,50,51)/t26-,28+,30-,31+,32-,33-,40?,41+,42+,43-/m0/s1. The van der Waals surface area contributed by atoms with Crippen molar-refractivity contribution >= 4 is 17.7 Å². The summed E-state index contributed by atoms with van der Waals surface area (Å²) in [5, 5.41) is 25.4. The zero-order valence-electron chi connectivity index (χ0n) is 33.5. The number of rotatable bonds is 10. The first-order valence-corrected chi connectivity index (χ1v) is 20.0. The molecule has 52 heavy (non-hydrogen) atoms. The van der Waals surface area contributed by atoms with Crippen molar-refractivity contribution in [1.82, 2.24) is 15.3 Å². The van der Waals surface area contributed by atoms with Crippen LogP contribution in [-0.4, -0.2) is 56.7 Å². The molecule has 4 fully saturated rings. The molecule has 0 radical (unpaired) electrons. The van der Waals surface area contributed by atoms with Gasteiger partial charge in [-0.2, -0.15) is 0 Å². The number of carboxylic acids is 1. The average Bonchev–Trinajstić information content (AvgIpc) is 3.38. The van der Waals surface area contributed by atoms with Crippen molar-refractivity contribution in [2.45, 2.75) is 152 Å². The number of carbonyl (C=O) groups excluding carboxylic acids is 2. The molecule has 1 unspecified atom stereocenters. The van der Waals surface area contributed by atoms with Crippen LogP contribution in [0.3, 0.4) is 0 Å². The lowest BCUT2D eigenvalue weighted by atomic mass is 9.33. The number of nitrogens with one attached hydrogen (secondary N) is 1. The SMILES string of the molecule is CC(C)C1=C2[C@H]3CC[C@@H]4C5(C)CC[C@H](OC(=O)CC(C)(C)C(=O)O)C(C)(C)[C@@H]5CC[C@@]4(C)[C@]3(C)CC[C@@]2([C@@H](O)CN[C@@H](C)c2cncnc2)CC1=O. The Balaban J connectivity index is 1.27. The van der Waals surface area contributed by atoms with Gasteiger partial charge in [0, 0.05) is 47.8 Å². The number of carbonyl (C=O) groups is 3. The number of ether oxygens (including phenoxy) is 1. The van der Waals surface area contributed by atoms with E-state index in [1.807, 2.05) is 0 Å². The van der Waals surface area contributed by atoms with Crippen LogP contribution in [0.25, 0.3) is 0 Å². The fourth-order valence-corrected chi connectivity index (χ4v) is 13.0. The molecule has 5 aliphatic carbocycles. The summed E-state index contributed by atoms with van der Waals surface area (Å²) >= 11 is 0. The number of hydrogen-bond acceptors (Lipinski definition) is 8. The number of esters is 1. The minimum absolute atomic E-state index is 0.0226. The molecular weight excluding hydrogens is 654 g/mol. The first kappa shape index (κ1) is 39.1. The van der Waals surface area contributed by atoms with Crippen LogP contribution in [0.15, 0.2) is 29.9 Å². The Bertz CT molecular complexity index is 1600. The van der Waals surface area contributed by atoms with Gasteiger partial charge in [-0.05, 0) is 118 Å². The normalized spacial score (nSPS) is 38.1. The summed E-state index contributed by atoms with van der Waals surface area (Å²) in [6.07, 6.45) is 12.2. The van der Waals surface area contributed by atoms with Crippen LogP contribution in [0.5, 0.6) is 0 Å². The third kappa shape index (κ3) is 5.90. The van der Waals surface area contributed by atoms with E-state index in [9.17, 15) is 24.6 Å². The summed E-state index contributed by atoms with van der Waals surface area (Å²) < 4.78 is 6.16. The lowest BCUT2D eigenvalue weighted by Crippen LogP contribution is -2.66. The van der Waals surface area contributed by atoms with Crippen molar-refractivity contribution in [3.8, 4) is 0 Å². The highest BCUT2D eigenvalue weighted by Crippen LogP contribution is 2.77. The van der Waals surface area contributed by atoms with Crippen LogP contribution in [0.4, 0.5) is 0 Å². The highest BCUT2D eigenvalue weighted by Gasteiger charge is 2.70. The monoisotopic (exact) mass is 719 g/mol. The number of ketones is 1. The summed E-state index contributed by atoms with van der Waals surface area (Å²) in [4.78, 5) is 47.2. The molecule has 1 heterocycles. The molecule has 10 atom stereocenters. The van der Waals surface area contributed by atoms with Gasteiger partial charge in [0.05, 0.1) is 17.9 Å². The Labute approximate surface area is 311 Å². The minimum Gasteiger partial charge on any atom is -0.481 e. The summed E-state index contributed by atoms with van der Waals surface area (Å²) in [5.74, 6) is -0.00154. The Morgan fingerprint density at radius 2 is 1.62 bits per heavy atom. The van der Waals surface area contributed by atoms with E-state index in [1.54, 1.807) is 26.2 Å². The van der Waals surface area contributed by atoms with Gasteiger partial charge in [0.25, 0.3) is 0 Å². The fourth-order valence-electron chi connectivity index (χ4n) is 13.0. The molecular formula is C43H65N3O6. The molecule has 0 amide bonds. The van der Waals surface area contributed by atoms with E-state index in [4.69, 9.17) is 4.74 Å². The number of aliphatic hydroxyl groups excluding tert-OH is 1. The number of carboxylic acid groups (broad SMARTS) is 1. The maximum Gasteiger partial charge on any atom is 0.309 e. The van der Waals surface area contributed by atoms with Gasteiger partial charge in [0.2, 0.25) is 0 Å². The van der Waals surface area contributed by atoms with Crippen LogP contribution >= 0.6 is 0 Å². The number of aromatic nitrogens is 2. The maximum absolute atomic E-state index is 14.0. The van der Waals surface area contributed by atoms with Crippen LogP contribution in [-0.2, 0) is 19.1 Å². The topological polar surface area (TPSA) is 139 Å². The smallest absolute Gasteiger partial charge is 0.309 e. The molecule has 0 bridgehead atoms. The van der Waals surface area contributed by atoms with E-state index in [0.29, 0.717) is 24.8 Å². The highest BCUT2D eigenvalue weighted by molar-refractivity contribution is 6.00. The number of hydrogen-bond donors (Lipinski definition) is 3. The Kier molecular flexibility index (Phi) is 9.97. The van der Waals surface area contributed by atoms with Gasteiger partial charge < -0.3 is 20.3 Å². The molecule has 6 rings (SSSR count). The zero-order valence-corrected chi connectivity index (χ0v) is 33.5. The van der Waals surface area contributed by atoms with E-state index in [-0.39, 0.29) is 57.8 Å². The maximum atomic E-state index is 14.0. The molecule has 0 aromatic carbocycles. The van der Waals surface area contributed by atoms with Crippen molar-refractivity contribution in [1.29, 1.82) is 0 Å². The quantitative estimate of drug-likeness (QED) is 0.206. The van der Waals surface area contributed by atoms with E-state index >= 15 is 0 Å². The molecule has 5 aliphatic rings. The van der Waals surface area contributed by atoms with Gasteiger partial charge in [0.1, 0.15) is 12.4 Å². The molecule has 1 aromatic rings. The van der Waals surface area contributed by atoms with E-state index < -0.39 is 28.9 Å². The molecule has 9 nitrogen and oxygen atoms in total. The number of fused-ring (bicyclic) bond motifs is 7. The van der Waals surface area contributed by atoms with Crippen LogP contribution in [0, 0.1) is 56.2 Å². The number of Topliss-reactive ketones (excluding diaryl/α,β-unsaturated/α-hetero) is 1. The molecule has 0 aliphatic heterocycles. The van der Waals surface area contributed by atoms with E-state index in [1.165, 1.54) is 11.9 Å². The third-order valence-corrected chi connectivity index (χ3v) is 16.2. The average molecular weight is 720 g/mol. The van der Waals surface area contributed by atoms with Crippen molar-refractivity contribution in [2.24, 2.45) is 56.2 Å². The molecule has 0 spiro atoms. The predicted octanol–water partition coefficient (Wildman–Crippen LogP) is 7.88. The molecule has 4 saturated carbocycles. The van der Waals surface area contributed by atoms with Gasteiger partial charge in [-0.1, -0.05) is 54.0 Å². The van der Waals surface area contributed by atoms with E-state index in [0.717, 1.165) is 62.5 Å². The van der Waals surface area contributed by atoms with Crippen molar-refractivity contribution in [3.05, 3.63) is 35.4 Å². The molecule has 1 aromatic heterocycles. The lowest BCUT2D eigenvalue weighted by Gasteiger charge is -2.72. The van der Waals surface area contributed by atoms with Gasteiger partial charge in [-0.15, -0.1) is 0 Å². The number of aliphatic carboxylic acids is 1. The Morgan fingerprint density at radius 3 is 2.25 bits per heavy atom. The van der Waals surface area contributed by atoms with E-state index in [2.05, 4.69) is 70.7 Å². The summed E-state index contributed by atoms with van der Waals surface area (Å²) in [7, 11) is 0. The second-order valence-corrected chi connectivity index (χ2v) is 19.9. The van der Waals surface area contributed by atoms with Gasteiger partial charge in [-0.25, -0.2) is 9.97 Å². The second-order valence-electron chi connectivity index (χ2n) is 19.9. The summed E-state index contributed by atoms with van der Waals surface area (Å²) in [6, 6.07) is -0.0278.